The van der Waals surface area contributed by atoms with Crippen LogP contribution in [0.3, 0.4) is 0 Å². The number of hydrogen-bond acceptors (Lipinski definition) is 8. The summed E-state index contributed by atoms with van der Waals surface area (Å²) in [6.07, 6.45) is 0. The van der Waals surface area contributed by atoms with Gasteiger partial charge < -0.3 is 24.3 Å². The molecule has 0 bridgehead atoms. The van der Waals surface area contributed by atoms with Crippen molar-refractivity contribution in [1.82, 2.24) is 0 Å². The Bertz CT molecular complexity index is 1030. The van der Waals surface area contributed by atoms with Crippen LogP contribution in [0.25, 0.3) is 0 Å². The van der Waals surface area contributed by atoms with Crippen LogP contribution >= 0.6 is 11.6 Å². The number of hydrogen-bond donors (Lipinski definition) is 1. The van der Waals surface area contributed by atoms with E-state index in [9.17, 15) is 9.59 Å². The number of Topliss-reactive ketones (excluding diaryl/α,β-unsaturated/α-hetero) is 1. The largest absolute Gasteiger partial charge is 0.494 e. The second kappa shape index (κ2) is 13.4. The lowest BCUT2D eigenvalue weighted by Gasteiger charge is -2.16. The Kier molecular flexibility index (Phi) is 10.6. The second-order valence-electron chi connectivity index (χ2n) is 6.86. The van der Waals surface area contributed by atoms with Crippen LogP contribution in [0.5, 0.6) is 23.0 Å². The van der Waals surface area contributed by atoms with Crippen LogP contribution in [0.15, 0.2) is 40.6 Å². The van der Waals surface area contributed by atoms with E-state index in [-0.39, 0.29) is 0 Å². The van der Waals surface area contributed by atoms with E-state index in [2.05, 4.69) is 15.5 Å². The van der Waals surface area contributed by atoms with Crippen molar-refractivity contribution in [3.63, 3.8) is 0 Å². The summed E-state index contributed by atoms with van der Waals surface area (Å²) in [4.78, 5) is 25.3. The van der Waals surface area contributed by atoms with Gasteiger partial charge >= 0.3 is 0 Å². The van der Waals surface area contributed by atoms with Crippen LogP contribution in [-0.4, -0.2) is 44.2 Å². The molecule has 2 rings (SSSR count). The molecule has 0 saturated heterocycles. The van der Waals surface area contributed by atoms with E-state index in [1.54, 1.807) is 37.3 Å². The molecule has 9 nitrogen and oxygen atoms in total. The Hall–Kier alpha value is -3.33. The number of nitrogens with zero attached hydrogens (tertiary/aromatic N) is 2. The number of ether oxygens (including phenoxy) is 4. The zero-order chi connectivity index (χ0) is 25.1. The average molecular weight is 492 g/mol. The Morgan fingerprint density at radius 3 is 2.12 bits per heavy atom. The minimum Gasteiger partial charge on any atom is -0.494 e. The molecule has 0 saturated carbocycles. The minimum atomic E-state index is -1.40. The molecule has 1 N–H and O–H groups in total. The SMILES string of the molecule is CCOc1ccc(OCC)c(N=NC(C(C)=O)C(=O)Nc2cc(OCC)c(Cl)cc2OCC)c1. The van der Waals surface area contributed by atoms with Crippen molar-refractivity contribution in [3.8, 4) is 23.0 Å². The molecule has 2 aromatic carbocycles. The molecule has 34 heavy (non-hydrogen) atoms. The molecule has 0 aliphatic rings. The van der Waals surface area contributed by atoms with Gasteiger partial charge in [-0.1, -0.05) is 11.6 Å². The molecule has 0 aliphatic heterocycles. The van der Waals surface area contributed by atoms with Crippen LogP contribution < -0.4 is 24.3 Å². The van der Waals surface area contributed by atoms with Crippen molar-refractivity contribution in [3.05, 3.63) is 35.4 Å². The topological polar surface area (TPSA) is 108 Å². The second-order valence-corrected chi connectivity index (χ2v) is 7.27. The highest BCUT2D eigenvalue weighted by Gasteiger charge is 2.25. The maximum Gasteiger partial charge on any atom is 0.258 e. The van der Waals surface area contributed by atoms with Gasteiger partial charge in [-0.05, 0) is 46.8 Å². The van der Waals surface area contributed by atoms with Gasteiger partial charge in [0.05, 0.1) is 37.1 Å². The molecule has 0 fully saturated rings. The summed E-state index contributed by atoms with van der Waals surface area (Å²) >= 11 is 6.23. The molecule has 0 radical (unpaired) electrons. The zero-order valence-electron chi connectivity index (χ0n) is 20.0. The molecule has 0 spiro atoms. The Balaban J connectivity index is 2.35. The van der Waals surface area contributed by atoms with Crippen molar-refractivity contribution in [2.75, 3.05) is 31.7 Å². The van der Waals surface area contributed by atoms with Crippen LogP contribution in [0.4, 0.5) is 11.4 Å². The normalized spacial score (nSPS) is 11.7. The highest BCUT2D eigenvalue weighted by molar-refractivity contribution is 6.32. The fourth-order valence-corrected chi connectivity index (χ4v) is 3.13. The molecule has 10 heteroatoms. The summed E-state index contributed by atoms with van der Waals surface area (Å²) in [5.41, 5.74) is 0.640. The molecule has 0 aromatic heterocycles. The summed E-state index contributed by atoms with van der Waals surface area (Å²) in [7, 11) is 0. The van der Waals surface area contributed by atoms with Crippen molar-refractivity contribution in [2.24, 2.45) is 10.2 Å². The number of carbonyl (C=O) groups excluding carboxylic acids is 2. The van der Waals surface area contributed by atoms with Crippen LogP contribution in [0.2, 0.25) is 5.02 Å². The lowest BCUT2D eigenvalue weighted by Crippen LogP contribution is -2.32. The van der Waals surface area contributed by atoms with Gasteiger partial charge in [0.25, 0.3) is 5.91 Å². The quantitative estimate of drug-likeness (QED) is 0.288. The highest BCUT2D eigenvalue weighted by Crippen LogP contribution is 2.37. The summed E-state index contributed by atoms with van der Waals surface area (Å²) in [6, 6.07) is 6.77. The van der Waals surface area contributed by atoms with E-state index in [4.69, 9.17) is 30.5 Å². The Labute approximate surface area is 204 Å². The Morgan fingerprint density at radius 2 is 1.50 bits per heavy atom. The molecule has 0 heterocycles. The molecule has 184 valence electrons. The molecule has 1 atom stereocenters. The number of amides is 1. The number of ketones is 1. The highest BCUT2D eigenvalue weighted by atomic mass is 35.5. The van der Waals surface area contributed by atoms with Crippen molar-refractivity contribution >= 4 is 34.7 Å². The van der Waals surface area contributed by atoms with E-state index < -0.39 is 17.7 Å². The van der Waals surface area contributed by atoms with Gasteiger partial charge in [-0.25, -0.2) is 0 Å². The number of rotatable bonds is 13. The van der Waals surface area contributed by atoms with Crippen molar-refractivity contribution < 1.29 is 28.5 Å². The number of anilines is 1. The average Bonchev–Trinajstić information content (AvgIpc) is 2.79. The molecular formula is C24H30ClN3O6. The first-order chi connectivity index (χ1) is 16.3. The summed E-state index contributed by atoms with van der Waals surface area (Å²) in [5, 5.41) is 11.2. The van der Waals surface area contributed by atoms with Crippen molar-refractivity contribution in [2.45, 2.75) is 40.7 Å². The number of halogens is 1. The first-order valence-electron chi connectivity index (χ1n) is 11.0. The maximum atomic E-state index is 13.0. The van der Waals surface area contributed by atoms with Gasteiger partial charge in [0, 0.05) is 18.2 Å². The lowest BCUT2D eigenvalue weighted by atomic mass is 10.2. The molecular weight excluding hydrogens is 462 g/mol. The molecule has 1 unspecified atom stereocenters. The molecule has 1 amide bonds. The van der Waals surface area contributed by atoms with Gasteiger partial charge in [-0.15, -0.1) is 0 Å². The predicted octanol–water partition coefficient (Wildman–Crippen LogP) is 5.61. The van der Waals surface area contributed by atoms with E-state index >= 15 is 0 Å². The summed E-state index contributed by atoms with van der Waals surface area (Å²) in [5.74, 6) is 0.562. The van der Waals surface area contributed by atoms with Crippen LogP contribution in [-0.2, 0) is 9.59 Å². The fraction of sp³-hybridized carbons (Fsp3) is 0.417. The monoisotopic (exact) mass is 491 g/mol. The number of carbonyl (C=O) groups is 2. The van der Waals surface area contributed by atoms with Gasteiger partial charge in [-0.2, -0.15) is 10.2 Å². The molecule has 2 aromatic rings. The van der Waals surface area contributed by atoms with Crippen LogP contribution in [0, 0.1) is 0 Å². The zero-order valence-corrected chi connectivity index (χ0v) is 20.8. The maximum absolute atomic E-state index is 13.0. The lowest BCUT2D eigenvalue weighted by molar-refractivity contribution is -0.126. The third-order valence-corrected chi connectivity index (χ3v) is 4.64. The first kappa shape index (κ1) is 26.9. The van der Waals surface area contributed by atoms with Gasteiger partial charge in [-0.3, -0.25) is 9.59 Å². The van der Waals surface area contributed by atoms with E-state index in [1.165, 1.54) is 6.92 Å². The van der Waals surface area contributed by atoms with E-state index in [1.807, 2.05) is 20.8 Å². The van der Waals surface area contributed by atoms with E-state index in [0.29, 0.717) is 65.8 Å². The van der Waals surface area contributed by atoms with Crippen molar-refractivity contribution in [1.29, 1.82) is 0 Å². The fourth-order valence-electron chi connectivity index (χ4n) is 2.92. The predicted molar refractivity (Wildman–Crippen MR) is 130 cm³/mol. The molecule has 0 aliphatic carbocycles. The first-order valence-corrected chi connectivity index (χ1v) is 11.4. The van der Waals surface area contributed by atoms with Gasteiger partial charge in [0.1, 0.15) is 28.7 Å². The van der Waals surface area contributed by atoms with E-state index in [0.717, 1.165) is 0 Å². The summed E-state index contributed by atoms with van der Waals surface area (Å²) < 4.78 is 22.1. The standard InChI is InChI=1S/C24H30ClN3O6/c1-6-31-16-10-11-20(32-7-2)19(12-16)27-28-23(15(5)29)24(30)26-18-14-21(33-8-3)17(25)13-22(18)34-9-4/h10-14,23H,6-9H2,1-5H3,(H,26,30). The summed E-state index contributed by atoms with van der Waals surface area (Å²) in [6.45, 7) is 10.2. The van der Waals surface area contributed by atoms with Gasteiger partial charge in [0.2, 0.25) is 6.04 Å². The number of nitrogens with one attached hydrogen (secondary N) is 1. The minimum absolute atomic E-state index is 0.300. The number of benzene rings is 2. The smallest absolute Gasteiger partial charge is 0.258 e. The number of azo groups is 1. The van der Waals surface area contributed by atoms with Crippen LogP contribution in [0.1, 0.15) is 34.6 Å². The third-order valence-electron chi connectivity index (χ3n) is 4.35. The third kappa shape index (κ3) is 7.34. The Morgan fingerprint density at radius 1 is 0.882 bits per heavy atom. The van der Waals surface area contributed by atoms with Gasteiger partial charge in [0.15, 0.2) is 5.78 Å².